The molecule has 0 amide bonds. The van der Waals surface area contributed by atoms with Crippen molar-refractivity contribution in [2.75, 3.05) is 6.54 Å². The monoisotopic (exact) mass is 478 g/mol. The first kappa shape index (κ1) is 23.2. The molecular formula is C35H30N2. The molecular weight excluding hydrogens is 448 g/mol. The third kappa shape index (κ3) is 4.02. The van der Waals surface area contributed by atoms with Crippen LogP contribution in [0.15, 0.2) is 91.5 Å². The van der Waals surface area contributed by atoms with Crippen LogP contribution in [-0.4, -0.2) is 11.4 Å². The zero-order valence-corrected chi connectivity index (χ0v) is 21.3. The quantitative estimate of drug-likeness (QED) is 0.252. The Morgan fingerprint density at radius 2 is 1.46 bits per heavy atom. The van der Waals surface area contributed by atoms with E-state index >= 15 is 0 Å². The second-order valence-corrected chi connectivity index (χ2v) is 10.00. The Morgan fingerprint density at radius 1 is 0.838 bits per heavy atom. The smallest absolute Gasteiger partial charge is 0.0991 e. The van der Waals surface area contributed by atoms with Gasteiger partial charge in [-0.15, -0.1) is 0 Å². The van der Waals surface area contributed by atoms with Gasteiger partial charge in [0, 0.05) is 13.1 Å². The van der Waals surface area contributed by atoms with Gasteiger partial charge in [0.2, 0.25) is 0 Å². The molecule has 180 valence electrons. The molecule has 1 aliphatic heterocycles. The predicted molar refractivity (Wildman–Crippen MR) is 156 cm³/mol. The molecule has 0 fully saturated rings. The number of hydrogen-bond donors (Lipinski definition) is 0. The summed E-state index contributed by atoms with van der Waals surface area (Å²) < 4.78 is 0. The van der Waals surface area contributed by atoms with Gasteiger partial charge in [0.1, 0.15) is 0 Å². The van der Waals surface area contributed by atoms with E-state index in [2.05, 4.69) is 97.3 Å². The van der Waals surface area contributed by atoms with E-state index in [1.54, 1.807) is 0 Å². The summed E-state index contributed by atoms with van der Waals surface area (Å²) in [4.78, 5) is 2.61. The van der Waals surface area contributed by atoms with E-state index in [4.69, 9.17) is 0 Å². The molecule has 0 aliphatic carbocycles. The maximum Gasteiger partial charge on any atom is 0.0991 e. The first-order valence-electron chi connectivity index (χ1n) is 13.2. The lowest BCUT2D eigenvalue weighted by atomic mass is 9.83. The SMILES string of the molecule is C=Cc1cc2ccccc2c2c1CN(CCCC)Cc1c(-c3ccc(C#N)cc3)cc3ccccc3c1-2. The lowest BCUT2D eigenvalue weighted by Gasteiger charge is -2.23. The third-order valence-corrected chi connectivity index (χ3v) is 7.73. The fourth-order valence-corrected chi connectivity index (χ4v) is 5.92. The van der Waals surface area contributed by atoms with Gasteiger partial charge in [-0.25, -0.2) is 0 Å². The van der Waals surface area contributed by atoms with E-state index in [9.17, 15) is 5.26 Å². The van der Waals surface area contributed by atoms with E-state index in [0.29, 0.717) is 5.56 Å². The number of benzene rings is 5. The van der Waals surface area contributed by atoms with Crippen molar-refractivity contribution >= 4 is 27.6 Å². The van der Waals surface area contributed by atoms with Gasteiger partial charge in [-0.3, -0.25) is 4.90 Å². The third-order valence-electron chi connectivity index (χ3n) is 7.73. The van der Waals surface area contributed by atoms with Gasteiger partial charge < -0.3 is 0 Å². The lowest BCUT2D eigenvalue weighted by Crippen LogP contribution is -2.23. The molecule has 5 aromatic carbocycles. The Kier molecular flexibility index (Phi) is 6.08. The minimum Gasteiger partial charge on any atom is -0.295 e. The van der Waals surface area contributed by atoms with Gasteiger partial charge in [0.15, 0.2) is 0 Å². The van der Waals surface area contributed by atoms with Gasteiger partial charge in [-0.1, -0.05) is 86.7 Å². The van der Waals surface area contributed by atoms with E-state index in [1.165, 1.54) is 67.8 Å². The van der Waals surface area contributed by atoms with Crippen molar-refractivity contribution in [3.63, 3.8) is 0 Å². The van der Waals surface area contributed by atoms with Gasteiger partial charge in [-0.2, -0.15) is 5.26 Å². The summed E-state index contributed by atoms with van der Waals surface area (Å²) in [7, 11) is 0. The van der Waals surface area contributed by atoms with E-state index in [1.807, 2.05) is 18.2 Å². The van der Waals surface area contributed by atoms with Crippen molar-refractivity contribution < 1.29 is 0 Å². The van der Waals surface area contributed by atoms with Crippen molar-refractivity contribution in [2.24, 2.45) is 0 Å². The van der Waals surface area contributed by atoms with Crippen LogP contribution < -0.4 is 0 Å². The highest BCUT2D eigenvalue weighted by Crippen LogP contribution is 2.46. The maximum atomic E-state index is 9.38. The summed E-state index contributed by atoms with van der Waals surface area (Å²) in [6.07, 6.45) is 4.37. The van der Waals surface area contributed by atoms with Crippen LogP contribution in [0.5, 0.6) is 0 Å². The van der Waals surface area contributed by atoms with Gasteiger partial charge in [0.25, 0.3) is 0 Å². The molecule has 5 aromatic rings. The summed E-state index contributed by atoms with van der Waals surface area (Å²) in [5.41, 5.74) is 9.73. The average molecular weight is 479 g/mol. The summed E-state index contributed by atoms with van der Waals surface area (Å²) in [5, 5.41) is 14.5. The van der Waals surface area contributed by atoms with Crippen molar-refractivity contribution in [3.05, 3.63) is 114 Å². The maximum absolute atomic E-state index is 9.38. The van der Waals surface area contributed by atoms with Crippen LogP contribution in [0, 0.1) is 11.3 Å². The molecule has 2 heteroatoms. The second-order valence-electron chi connectivity index (χ2n) is 10.00. The molecule has 0 aromatic heterocycles. The van der Waals surface area contributed by atoms with Crippen LogP contribution >= 0.6 is 0 Å². The Morgan fingerprint density at radius 3 is 2.11 bits per heavy atom. The Hall–Kier alpha value is -4.19. The molecule has 0 spiro atoms. The molecule has 0 N–H and O–H groups in total. The minimum absolute atomic E-state index is 0.687. The first-order valence-corrected chi connectivity index (χ1v) is 13.2. The molecule has 0 unspecified atom stereocenters. The number of fused-ring (bicyclic) bond motifs is 7. The molecule has 1 aliphatic rings. The summed E-state index contributed by atoms with van der Waals surface area (Å²) in [6, 6.07) is 32.5. The van der Waals surface area contributed by atoms with Crippen LogP contribution in [0.25, 0.3) is 49.9 Å². The zero-order chi connectivity index (χ0) is 25.4. The lowest BCUT2D eigenvalue weighted by molar-refractivity contribution is 0.255. The molecule has 2 nitrogen and oxygen atoms in total. The Bertz CT molecular complexity index is 1690. The summed E-state index contributed by atoms with van der Waals surface area (Å²) in [5.74, 6) is 0. The number of nitriles is 1. The molecule has 0 atom stereocenters. The molecule has 0 saturated heterocycles. The Labute approximate surface area is 219 Å². The highest BCUT2D eigenvalue weighted by atomic mass is 15.1. The van der Waals surface area contributed by atoms with E-state index in [0.717, 1.165) is 25.2 Å². The predicted octanol–water partition coefficient (Wildman–Crippen LogP) is 8.96. The average Bonchev–Trinajstić information content (AvgIpc) is 3.13. The molecule has 0 bridgehead atoms. The van der Waals surface area contributed by atoms with Crippen LogP contribution in [0.4, 0.5) is 0 Å². The highest BCUT2D eigenvalue weighted by molar-refractivity contribution is 6.11. The van der Waals surface area contributed by atoms with Crippen molar-refractivity contribution in [1.82, 2.24) is 4.90 Å². The number of nitrogens with zero attached hydrogens (tertiary/aromatic N) is 2. The topological polar surface area (TPSA) is 27.0 Å². The van der Waals surface area contributed by atoms with Crippen LogP contribution in [0.2, 0.25) is 0 Å². The van der Waals surface area contributed by atoms with Crippen LogP contribution in [0.3, 0.4) is 0 Å². The molecule has 37 heavy (non-hydrogen) atoms. The number of hydrogen-bond acceptors (Lipinski definition) is 2. The van der Waals surface area contributed by atoms with Crippen molar-refractivity contribution in [2.45, 2.75) is 32.9 Å². The normalized spacial score (nSPS) is 13.1. The fourth-order valence-electron chi connectivity index (χ4n) is 5.92. The summed E-state index contributed by atoms with van der Waals surface area (Å²) in [6.45, 7) is 9.32. The number of rotatable bonds is 5. The first-order chi connectivity index (χ1) is 18.2. The Balaban J connectivity index is 1.77. The van der Waals surface area contributed by atoms with Crippen molar-refractivity contribution in [3.8, 4) is 28.3 Å². The van der Waals surface area contributed by atoms with E-state index in [-0.39, 0.29) is 0 Å². The highest BCUT2D eigenvalue weighted by Gasteiger charge is 2.27. The minimum atomic E-state index is 0.687. The van der Waals surface area contributed by atoms with E-state index < -0.39 is 0 Å². The second kappa shape index (κ2) is 9.69. The molecule has 1 heterocycles. The number of unbranched alkanes of at least 4 members (excludes halogenated alkanes) is 1. The zero-order valence-electron chi connectivity index (χ0n) is 21.3. The van der Waals surface area contributed by atoms with Crippen LogP contribution in [-0.2, 0) is 13.1 Å². The summed E-state index contributed by atoms with van der Waals surface area (Å²) >= 11 is 0. The largest absolute Gasteiger partial charge is 0.295 e. The standard InChI is InChI=1S/C35H30N2/c1-3-5-18-37-22-32-25(4-2)19-27-10-6-8-12-29(27)34(32)35-30-13-9-7-11-28(30)20-31(33(35)23-37)26-16-14-24(21-36)15-17-26/h4,6-17,19-20H,2-3,5,18,22-23H2,1H3. The van der Waals surface area contributed by atoms with Gasteiger partial charge in [0.05, 0.1) is 11.6 Å². The van der Waals surface area contributed by atoms with Crippen LogP contribution in [0.1, 0.15) is 42.0 Å². The molecule has 0 saturated carbocycles. The fraction of sp³-hybridized carbons (Fsp3) is 0.171. The molecule has 0 radical (unpaired) electrons. The van der Waals surface area contributed by atoms with Gasteiger partial charge in [-0.05, 0) is 97.7 Å². The molecule has 6 rings (SSSR count). The van der Waals surface area contributed by atoms with Gasteiger partial charge >= 0.3 is 0 Å². The van der Waals surface area contributed by atoms with Crippen molar-refractivity contribution in [1.29, 1.82) is 5.26 Å².